The third-order valence-electron chi connectivity index (χ3n) is 4.85. The van der Waals surface area contributed by atoms with Crippen LogP contribution in [-0.4, -0.2) is 30.3 Å². The van der Waals surface area contributed by atoms with Crippen LogP contribution in [0.1, 0.15) is 12.0 Å². The highest BCUT2D eigenvalue weighted by molar-refractivity contribution is 5.80. The molecule has 2 fully saturated rings. The first-order chi connectivity index (χ1) is 10.9. The van der Waals surface area contributed by atoms with E-state index in [1.54, 1.807) is 0 Å². The molecule has 0 spiro atoms. The zero-order valence-electron chi connectivity index (χ0n) is 12.2. The molecule has 2 N–H and O–H groups in total. The van der Waals surface area contributed by atoms with Crippen LogP contribution in [0.15, 0.2) is 36.5 Å². The summed E-state index contributed by atoms with van der Waals surface area (Å²) in [5.74, 6) is 0.940. The molecule has 0 saturated carbocycles. The standard InChI is InChI=1S/C17H18N4O/c1-2-11-8-19-16-7-12(21-9-14-6-13(21)10-22-14)3-4-15(16)20-17(11)18-5-1/h1-5,7,13-14,19H,6,8-10H2,(H,18,20)/t13-,14+/m1/s1. The second kappa shape index (κ2) is 4.61. The molecule has 2 aromatic rings. The molecule has 2 atom stereocenters. The molecule has 5 rings (SSSR count). The van der Waals surface area contributed by atoms with Crippen molar-refractivity contribution in [1.82, 2.24) is 4.98 Å². The molecule has 1 aromatic heterocycles. The zero-order valence-corrected chi connectivity index (χ0v) is 12.2. The van der Waals surface area contributed by atoms with Crippen molar-refractivity contribution in [1.29, 1.82) is 0 Å². The fourth-order valence-electron chi connectivity index (χ4n) is 3.69. The van der Waals surface area contributed by atoms with Crippen molar-refractivity contribution < 1.29 is 4.74 Å². The molecule has 0 unspecified atom stereocenters. The zero-order chi connectivity index (χ0) is 14.5. The third kappa shape index (κ3) is 1.85. The van der Waals surface area contributed by atoms with Crippen molar-refractivity contribution in [2.45, 2.75) is 25.1 Å². The minimum absolute atomic E-state index is 0.420. The van der Waals surface area contributed by atoms with Crippen LogP contribution < -0.4 is 15.5 Å². The normalized spacial score (nSPS) is 25.0. The van der Waals surface area contributed by atoms with Gasteiger partial charge in [-0.1, -0.05) is 6.07 Å². The molecule has 2 bridgehead atoms. The highest BCUT2D eigenvalue weighted by atomic mass is 16.5. The van der Waals surface area contributed by atoms with Gasteiger partial charge in [-0.3, -0.25) is 0 Å². The number of anilines is 4. The number of ether oxygens (including phenoxy) is 1. The quantitative estimate of drug-likeness (QED) is 0.847. The third-order valence-corrected chi connectivity index (χ3v) is 4.85. The Balaban J connectivity index is 1.48. The molecule has 2 saturated heterocycles. The lowest BCUT2D eigenvalue weighted by atomic mass is 10.2. The monoisotopic (exact) mass is 294 g/mol. The van der Waals surface area contributed by atoms with Gasteiger partial charge in [0, 0.05) is 30.5 Å². The van der Waals surface area contributed by atoms with E-state index >= 15 is 0 Å². The first-order valence-corrected chi connectivity index (χ1v) is 7.84. The Kier molecular flexibility index (Phi) is 2.58. The SMILES string of the molecule is c1cnc2c(c1)CNc1cc(N3C[C@@H]4C[C@@H]3CO4)ccc1N2. The number of hydrogen-bond acceptors (Lipinski definition) is 5. The molecule has 0 radical (unpaired) electrons. The summed E-state index contributed by atoms with van der Waals surface area (Å²) >= 11 is 0. The van der Waals surface area contributed by atoms with Crippen LogP contribution in [-0.2, 0) is 11.3 Å². The van der Waals surface area contributed by atoms with Crippen molar-refractivity contribution >= 4 is 22.9 Å². The number of hydrogen-bond donors (Lipinski definition) is 2. The van der Waals surface area contributed by atoms with Crippen LogP contribution in [0, 0.1) is 0 Å². The van der Waals surface area contributed by atoms with E-state index < -0.39 is 0 Å². The van der Waals surface area contributed by atoms with Gasteiger partial charge in [-0.05, 0) is 30.7 Å². The van der Waals surface area contributed by atoms with E-state index in [0.717, 1.165) is 43.3 Å². The topological polar surface area (TPSA) is 49.4 Å². The second-order valence-corrected chi connectivity index (χ2v) is 6.22. The van der Waals surface area contributed by atoms with E-state index in [1.165, 1.54) is 11.3 Å². The van der Waals surface area contributed by atoms with Crippen LogP contribution in [0.2, 0.25) is 0 Å². The fourth-order valence-corrected chi connectivity index (χ4v) is 3.69. The van der Waals surface area contributed by atoms with Crippen molar-refractivity contribution in [2.24, 2.45) is 0 Å². The number of nitrogens with zero attached hydrogens (tertiary/aromatic N) is 2. The highest BCUT2D eigenvalue weighted by Crippen LogP contribution is 2.37. The van der Waals surface area contributed by atoms with Crippen LogP contribution in [0.25, 0.3) is 0 Å². The number of rotatable bonds is 1. The summed E-state index contributed by atoms with van der Waals surface area (Å²) in [5, 5.41) is 6.97. The van der Waals surface area contributed by atoms with Gasteiger partial charge in [0.2, 0.25) is 0 Å². The van der Waals surface area contributed by atoms with Gasteiger partial charge in [0.25, 0.3) is 0 Å². The summed E-state index contributed by atoms with van der Waals surface area (Å²) in [7, 11) is 0. The van der Waals surface area contributed by atoms with Gasteiger partial charge in [0.05, 0.1) is 30.1 Å². The summed E-state index contributed by atoms with van der Waals surface area (Å²) in [6, 6.07) is 11.2. The minimum atomic E-state index is 0.420. The first-order valence-electron chi connectivity index (χ1n) is 7.84. The summed E-state index contributed by atoms with van der Waals surface area (Å²) in [6.07, 6.45) is 3.41. The predicted molar refractivity (Wildman–Crippen MR) is 86.8 cm³/mol. The van der Waals surface area contributed by atoms with E-state index in [1.807, 2.05) is 12.3 Å². The lowest BCUT2D eigenvalue weighted by Crippen LogP contribution is -2.36. The molecule has 3 aliphatic rings. The minimum Gasteiger partial charge on any atom is -0.379 e. The summed E-state index contributed by atoms with van der Waals surface area (Å²) in [6.45, 7) is 2.67. The second-order valence-electron chi connectivity index (χ2n) is 6.22. The van der Waals surface area contributed by atoms with Crippen molar-refractivity contribution in [2.75, 3.05) is 28.7 Å². The summed E-state index contributed by atoms with van der Waals surface area (Å²) in [4.78, 5) is 6.91. The molecule has 0 aliphatic carbocycles. The Hall–Kier alpha value is -2.27. The van der Waals surface area contributed by atoms with Gasteiger partial charge in [-0.25, -0.2) is 4.98 Å². The number of aromatic nitrogens is 1. The smallest absolute Gasteiger partial charge is 0.135 e. The Morgan fingerprint density at radius 3 is 3.09 bits per heavy atom. The van der Waals surface area contributed by atoms with E-state index in [9.17, 15) is 0 Å². The molecule has 0 amide bonds. The number of fused-ring (bicyclic) bond motifs is 4. The molecule has 5 heteroatoms. The Morgan fingerprint density at radius 2 is 2.23 bits per heavy atom. The van der Waals surface area contributed by atoms with E-state index in [2.05, 4.69) is 44.8 Å². The molecule has 112 valence electrons. The van der Waals surface area contributed by atoms with Gasteiger partial charge < -0.3 is 20.3 Å². The van der Waals surface area contributed by atoms with E-state index in [0.29, 0.717) is 12.1 Å². The lowest BCUT2D eigenvalue weighted by Gasteiger charge is -2.29. The molecule has 22 heavy (non-hydrogen) atoms. The van der Waals surface area contributed by atoms with Crippen LogP contribution in [0.3, 0.4) is 0 Å². The molecular formula is C17H18N4O. The average Bonchev–Trinajstić information content (AvgIpc) is 3.13. The first kappa shape index (κ1) is 12.3. The number of pyridine rings is 1. The van der Waals surface area contributed by atoms with E-state index in [4.69, 9.17) is 4.74 Å². The number of nitrogens with one attached hydrogen (secondary N) is 2. The predicted octanol–water partition coefficient (Wildman–Crippen LogP) is 2.73. The lowest BCUT2D eigenvalue weighted by molar-refractivity contribution is 0.0991. The van der Waals surface area contributed by atoms with Crippen LogP contribution in [0.5, 0.6) is 0 Å². The average molecular weight is 294 g/mol. The summed E-state index contributed by atoms with van der Waals surface area (Å²) in [5.41, 5.74) is 4.69. The molecule has 4 heterocycles. The number of morpholine rings is 1. The number of benzene rings is 1. The van der Waals surface area contributed by atoms with E-state index in [-0.39, 0.29) is 0 Å². The van der Waals surface area contributed by atoms with Gasteiger partial charge >= 0.3 is 0 Å². The molecule has 5 nitrogen and oxygen atoms in total. The largest absolute Gasteiger partial charge is 0.379 e. The maximum absolute atomic E-state index is 5.70. The Morgan fingerprint density at radius 1 is 1.23 bits per heavy atom. The summed E-state index contributed by atoms with van der Waals surface area (Å²) < 4.78 is 5.70. The molecular weight excluding hydrogens is 276 g/mol. The Bertz CT molecular complexity index is 732. The highest BCUT2D eigenvalue weighted by Gasteiger charge is 2.39. The fraction of sp³-hybridized carbons (Fsp3) is 0.353. The molecule has 1 aromatic carbocycles. The van der Waals surface area contributed by atoms with Gasteiger partial charge in [0.1, 0.15) is 5.82 Å². The van der Waals surface area contributed by atoms with Crippen LogP contribution >= 0.6 is 0 Å². The van der Waals surface area contributed by atoms with Gasteiger partial charge in [-0.15, -0.1) is 0 Å². The maximum Gasteiger partial charge on any atom is 0.135 e. The maximum atomic E-state index is 5.70. The molecule has 3 aliphatic heterocycles. The van der Waals surface area contributed by atoms with Gasteiger partial charge in [0.15, 0.2) is 0 Å². The van der Waals surface area contributed by atoms with Crippen molar-refractivity contribution in [3.63, 3.8) is 0 Å². The van der Waals surface area contributed by atoms with Crippen LogP contribution in [0.4, 0.5) is 22.9 Å². The van der Waals surface area contributed by atoms with Gasteiger partial charge in [-0.2, -0.15) is 0 Å². The van der Waals surface area contributed by atoms with Crippen molar-refractivity contribution in [3.05, 3.63) is 42.1 Å². The Labute approximate surface area is 129 Å². The van der Waals surface area contributed by atoms with Crippen molar-refractivity contribution in [3.8, 4) is 0 Å².